The van der Waals surface area contributed by atoms with Gasteiger partial charge in [-0.2, -0.15) is 13.2 Å². The molecule has 0 fully saturated rings. The Morgan fingerprint density at radius 2 is 1.31 bits per heavy atom. The van der Waals surface area contributed by atoms with Crippen molar-refractivity contribution in [1.29, 1.82) is 0 Å². The highest BCUT2D eigenvalue weighted by molar-refractivity contribution is 6.04. The second-order valence-corrected chi connectivity index (χ2v) is 7.87. The summed E-state index contributed by atoms with van der Waals surface area (Å²) in [4.78, 5) is 39.2. The minimum absolute atomic E-state index is 0.280. The lowest BCUT2D eigenvalue weighted by molar-refractivity contribution is -0.141. The molecule has 182 valence electrons. The van der Waals surface area contributed by atoms with E-state index in [0.717, 1.165) is 6.07 Å². The van der Waals surface area contributed by atoms with Crippen molar-refractivity contribution < 1.29 is 22.8 Å². The van der Waals surface area contributed by atoms with Crippen LogP contribution in [0.25, 0.3) is 0 Å². The summed E-state index contributed by atoms with van der Waals surface area (Å²) in [6.45, 7) is 0. The Bertz CT molecular complexity index is 1420. The molecule has 1 aromatic heterocycles. The highest BCUT2D eigenvalue weighted by atomic mass is 19.4. The number of halogens is 3. The summed E-state index contributed by atoms with van der Waals surface area (Å²) >= 11 is 0. The molecule has 0 aliphatic rings. The van der Waals surface area contributed by atoms with Crippen molar-refractivity contribution in [3.8, 4) is 0 Å². The van der Waals surface area contributed by atoms with E-state index in [9.17, 15) is 27.6 Å². The van der Waals surface area contributed by atoms with E-state index in [1.54, 1.807) is 83.8 Å². The molecule has 0 bridgehead atoms. The largest absolute Gasteiger partial charge is 0.431 e. The molecule has 1 atom stereocenters. The van der Waals surface area contributed by atoms with Gasteiger partial charge in [0.15, 0.2) is 0 Å². The summed E-state index contributed by atoms with van der Waals surface area (Å²) < 4.78 is 38.6. The number of hydrogen-bond donors (Lipinski definition) is 3. The van der Waals surface area contributed by atoms with Gasteiger partial charge in [0.05, 0.1) is 6.04 Å². The fourth-order valence-electron chi connectivity index (χ4n) is 3.58. The van der Waals surface area contributed by atoms with Crippen molar-refractivity contribution in [2.75, 3.05) is 5.32 Å². The summed E-state index contributed by atoms with van der Waals surface area (Å²) in [7, 11) is 0. The number of rotatable bonds is 6. The Hall–Kier alpha value is -4.66. The van der Waals surface area contributed by atoms with E-state index in [2.05, 4.69) is 10.6 Å². The van der Waals surface area contributed by atoms with E-state index in [-0.39, 0.29) is 5.91 Å². The number of H-pyrrole nitrogens is 1. The van der Waals surface area contributed by atoms with E-state index < -0.39 is 34.9 Å². The van der Waals surface area contributed by atoms with Crippen molar-refractivity contribution in [2.45, 2.75) is 12.2 Å². The third-order valence-corrected chi connectivity index (χ3v) is 5.41. The van der Waals surface area contributed by atoms with Gasteiger partial charge in [0, 0.05) is 11.3 Å². The molecule has 1 unspecified atom stereocenters. The molecule has 1 heterocycles. The minimum atomic E-state index is -4.74. The van der Waals surface area contributed by atoms with Gasteiger partial charge in [0.2, 0.25) is 0 Å². The van der Waals surface area contributed by atoms with Gasteiger partial charge < -0.3 is 15.6 Å². The van der Waals surface area contributed by atoms with Crippen LogP contribution < -0.4 is 16.2 Å². The normalized spacial score (nSPS) is 12.0. The molecule has 0 saturated heterocycles. The van der Waals surface area contributed by atoms with Gasteiger partial charge in [-0.15, -0.1) is 0 Å². The Kier molecular flexibility index (Phi) is 7.00. The summed E-state index contributed by atoms with van der Waals surface area (Å²) in [6.07, 6.45) is -4.74. The van der Waals surface area contributed by atoms with E-state index in [0.29, 0.717) is 28.4 Å². The molecule has 36 heavy (non-hydrogen) atoms. The van der Waals surface area contributed by atoms with Crippen molar-refractivity contribution in [3.05, 3.63) is 135 Å². The smallest absolute Gasteiger partial charge is 0.341 e. The van der Waals surface area contributed by atoms with Crippen molar-refractivity contribution >= 4 is 17.5 Å². The van der Waals surface area contributed by atoms with E-state index in [1.165, 1.54) is 0 Å². The Morgan fingerprint density at radius 1 is 0.722 bits per heavy atom. The van der Waals surface area contributed by atoms with Crippen LogP contribution in [0.1, 0.15) is 43.6 Å². The fourth-order valence-corrected chi connectivity index (χ4v) is 3.58. The molecule has 3 aromatic carbocycles. The number of carbonyl (C=O) groups is 2. The third-order valence-electron chi connectivity index (χ3n) is 5.41. The number of carbonyl (C=O) groups excluding carboxylic acids is 2. The lowest BCUT2D eigenvalue weighted by Gasteiger charge is -2.20. The average Bonchev–Trinajstić information content (AvgIpc) is 2.88. The van der Waals surface area contributed by atoms with Gasteiger partial charge in [0.25, 0.3) is 17.4 Å². The quantitative estimate of drug-likeness (QED) is 0.348. The number of benzene rings is 3. The summed E-state index contributed by atoms with van der Waals surface area (Å²) in [5.74, 6) is -1.11. The van der Waals surface area contributed by atoms with Gasteiger partial charge >= 0.3 is 6.18 Å². The van der Waals surface area contributed by atoms with Crippen LogP contribution in [0.5, 0.6) is 0 Å². The zero-order valence-corrected chi connectivity index (χ0v) is 18.7. The molecule has 2 amide bonds. The number of nitrogens with one attached hydrogen (secondary N) is 3. The number of alkyl halides is 3. The molecule has 4 aromatic rings. The number of pyridine rings is 1. The van der Waals surface area contributed by atoms with Gasteiger partial charge in [-0.1, -0.05) is 60.7 Å². The van der Waals surface area contributed by atoms with E-state index in [1.807, 2.05) is 6.07 Å². The first-order valence-corrected chi connectivity index (χ1v) is 10.8. The summed E-state index contributed by atoms with van der Waals surface area (Å²) in [5, 5.41) is 5.52. The zero-order chi connectivity index (χ0) is 25.7. The second-order valence-electron chi connectivity index (χ2n) is 7.87. The molecule has 9 heteroatoms. The number of aromatic amines is 1. The molecule has 4 rings (SSSR count). The predicted molar refractivity (Wildman–Crippen MR) is 129 cm³/mol. The monoisotopic (exact) mass is 491 g/mol. The SMILES string of the molecule is O=C(Nc1ccc(C(NC(=O)c2ccc(C(F)(F)F)[nH]c2=O)c2ccccc2)cc1)c1ccccc1. The molecule has 0 radical (unpaired) electrons. The topological polar surface area (TPSA) is 91.1 Å². The van der Waals surface area contributed by atoms with Crippen LogP contribution in [0.2, 0.25) is 0 Å². The summed E-state index contributed by atoms with van der Waals surface area (Å²) in [6, 6.07) is 25.1. The molecule has 0 spiro atoms. The molecule has 0 saturated carbocycles. The second kappa shape index (κ2) is 10.3. The fraction of sp³-hybridized carbons (Fsp3) is 0.0741. The van der Waals surface area contributed by atoms with Crippen LogP contribution in [-0.2, 0) is 6.18 Å². The van der Waals surface area contributed by atoms with Crippen molar-refractivity contribution in [1.82, 2.24) is 10.3 Å². The molecule has 0 aliphatic heterocycles. The van der Waals surface area contributed by atoms with Crippen molar-refractivity contribution in [3.63, 3.8) is 0 Å². The highest BCUT2D eigenvalue weighted by Gasteiger charge is 2.32. The number of anilines is 1. The molecule has 6 nitrogen and oxygen atoms in total. The molecular formula is C27H20F3N3O3. The maximum absolute atomic E-state index is 12.9. The van der Waals surface area contributed by atoms with E-state index in [4.69, 9.17) is 0 Å². The maximum Gasteiger partial charge on any atom is 0.431 e. The Morgan fingerprint density at radius 3 is 1.89 bits per heavy atom. The van der Waals surface area contributed by atoms with Crippen LogP contribution in [-0.4, -0.2) is 16.8 Å². The minimum Gasteiger partial charge on any atom is -0.341 e. The van der Waals surface area contributed by atoms with Gasteiger partial charge in [-0.3, -0.25) is 14.4 Å². The lowest BCUT2D eigenvalue weighted by atomic mass is 9.98. The maximum atomic E-state index is 12.9. The first kappa shape index (κ1) is 24.5. The van der Waals surface area contributed by atoms with Crippen molar-refractivity contribution in [2.24, 2.45) is 0 Å². The van der Waals surface area contributed by atoms with Crippen LogP contribution in [0.3, 0.4) is 0 Å². The summed E-state index contributed by atoms with van der Waals surface area (Å²) in [5.41, 5.74) is -0.478. The van der Waals surface area contributed by atoms with E-state index >= 15 is 0 Å². The Labute approximate surface area is 203 Å². The standard InChI is InChI=1S/C27H20F3N3O3/c28-27(29,30)22-16-15-21(25(35)32-22)26(36)33-23(17-7-3-1-4-8-17)18-11-13-20(14-12-18)31-24(34)19-9-5-2-6-10-19/h1-16,23H,(H,31,34)(H,32,35)(H,33,36). The highest BCUT2D eigenvalue weighted by Crippen LogP contribution is 2.27. The lowest BCUT2D eigenvalue weighted by Crippen LogP contribution is -2.34. The van der Waals surface area contributed by atoms with Gasteiger partial charge in [-0.05, 0) is 47.5 Å². The van der Waals surface area contributed by atoms with Gasteiger partial charge in [0.1, 0.15) is 11.3 Å². The number of aromatic nitrogens is 1. The van der Waals surface area contributed by atoms with Gasteiger partial charge in [-0.25, -0.2) is 0 Å². The number of amides is 2. The zero-order valence-electron chi connectivity index (χ0n) is 18.7. The average molecular weight is 491 g/mol. The van der Waals surface area contributed by atoms with Crippen LogP contribution in [0, 0.1) is 0 Å². The molecular weight excluding hydrogens is 471 g/mol. The first-order chi connectivity index (χ1) is 17.2. The van der Waals surface area contributed by atoms with Crippen LogP contribution in [0.4, 0.5) is 18.9 Å². The predicted octanol–water partition coefficient (Wildman–Crippen LogP) is 5.17. The number of hydrogen-bond acceptors (Lipinski definition) is 3. The third kappa shape index (κ3) is 5.69. The molecule has 0 aliphatic carbocycles. The molecule has 3 N–H and O–H groups in total. The van der Waals surface area contributed by atoms with Crippen LogP contribution >= 0.6 is 0 Å². The first-order valence-electron chi connectivity index (χ1n) is 10.8. The Balaban J connectivity index is 1.58. The van der Waals surface area contributed by atoms with Crippen LogP contribution in [0.15, 0.2) is 102 Å².